The maximum Gasteiger partial charge on any atom is 0.231 e. The number of rotatable bonds is 6. The first-order chi connectivity index (χ1) is 16.0. The molecule has 0 saturated heterocycles. The van der Waals surface area contributed by atoms with Crippen LogP contribution >= 0.6 is 46.4 Å². The fourth-order valence-corrected chi connectivity index (χ4v) is 4.88. The molecule has 1 amide bonds. The van der Waals surface area contributed by atoms with Crippen LogP contribution in [-0.2, 0) is 11.2 Å². The Balaban J connectivity index is 1.51. The lowest BCUT2D eigenvalue weighted by Gasteiger charge is -2.09. The third kappa shape index (κ3) is 4.91. The molecule has 1 saturated carbocycles. The van der Waals surface area contributed by atoms with Gasteiger partial charge < -0.3 is 5.32 Å². The highest BCUT2D eigenvalue weighted by Gasteiger charge is 2.67. The smallest absolute Gasteiger partial charge is 0.231 e. The summed E-state index contributed by atoms with van der Waals surface area (Å²) in [4.78, 5) is 25.4. The molecule has 4 rings (SSSR count). The zero-order chi connectivity index (χ0) is 24.8. The number of nitrogens with one attached hydrogen (secondary N) is 1. The second kappa shape index (κ2) is 9.42. The highest BCUT2D eigenvalue weighted by atomic mass is 35.5. The second-order valence-electron chi connectivity index (χ2n) is 7.82. The lowest BCUT2D eigenvalue weighted by Crippen LogP contribution is -2.18. The number of hydrogen-bond acceptors (Lipinski definition) is 2. The van der Waals surface area contributed by atoms with E-state index in [1.165, 1.54) is 6.07 Å². The van der Waals surface area contributed by atoms with Gasteiger partial charge >= 0.3 is 0 Å². The lowest BCUT2D eigenvalue weighted by atomic mass is 10.0. The molecule has 0 radical (unpaired) electrons. The molecule has 3 aromatic carbocycles. The minimum atomic E-state index is -1.40. The van der Waals surface area contributed by atoms with Crippen molar-refractivity contribution >= 4 is 63.8 Å². The van der Waals surface area contributed by atoms with Gasteiger partial charge in [-0.1, -0.05) is 35.3 Å². The summed E-state index contributed by atoms with van der Waals surface area (Å²) < 4.78 is 39.9. The average Bonchev–Trinajstić information content (AvgIpc) is 3.35. The zero-order valence-corrected chi connectivity index (χ0v) is 20.0. The van der Waals surface area contributed by atoms with E-state index in [0.29, 0.717) is 16.7 Å². The van der Waals surface area contributed by atoms with Crippen molar-refractivity contribution in [2.45, 2.75) is 16.7 Å². The van der Waals surface area contributed by atoms with E-state index in [1.54, 1.807) is 18.2 Å². The van der Waals surface area contributed by atoms with Gasteiger partial charge in [0.25, 0.3) is 0 Å². The van der Waals surface area contributed by atoms with Crippen molar-refractivity contribution < 1.29 is 22.8 Å². The molecule has 2 atom stereocenters. The molecule has 1 fully saturated rings. The number of amides is 1. The first kappa shape index (κ1) is 24.9. The fraction of sp³-hybridized carbons (Fsp3) is 0.167. The van der Waals surface area contributed by atoms with Crippen LogP contribution in [0.3, 0.4) is 0 Å². The van der Waals surface area contributed by atoms with Crippen LogP contribution in [0, 0.1) is 23.4 Å². The van der Waals surface area contributed by atoms with E-state index in [0.717, 1.165) is 24.3 Å². The molecule has 34 heavy (non-hydrogen) atoms. The molecule has 3 aromatic rings. The largest absolute Gasteiger partial charge is 0.326 e. The normalized spacial score (nSPS) is 18.4. The highest BCUT2D eigenvalue weighted by Crippen LogP contribution is 2.65. The van der Waals surface area contributed by atoms with Gasteiger partial charge in [-0.25, -0.2) is 13.2 Å². The van der Waals surface area contributed by atoms with Crippen LogP contribution in [0.1, 0.15) is 27.4 Å². The molecule has 1 aliphatic carbocycles. The number of benzene rings is 3. The van der Waals surface area contributed by atoms with E-state index in [2.05, 4.69) is 5.32 Å². The van der Waals surface area contributed by atoms with Crippen molar-refractivity contribution in [3.63, 3.8) is 0 Å². The van der Waals surface area contributed by atoms with Crippen LogP contribution in [0.2, 0.25) is 10.0 Å². The van der Waals surface area contributed by atoms with Crippen molar-refractivity contribution in [3.05, 3.63) is 98.8 Å². The molecule has 176 valence electrons. The Morgan fingerprint density at radius 3 is 2.29 bits per heavy atom. The van der Waals surface area contributed by atoms with Crippen molar-refractivity contribution in [1.82, 2.24) is 0 Å². The summed E-state index contributed by atoms with van der Waals surface area (Å²) in [6.45, 7) is 0. The molecule has 2 unspecified atom stereocenters. The summed E-state index contributed by atoms with van der Waals surface area (Å²) >= 11 is 24.6. The summed E-state index contributed by atoms with van der Waals surface area (Å²) in [5.74, 6) is -5.26. The molecule has 10 heteroatoms. The van der Waals surface area contributed by atoms with Gasteiger partial charge in [-0.05, 0) is 47.5 Å². The van der Waals surface area contributed by atoms with Gasteiger partial charge in [0.05, 0.1) is 21.5 Å². The Hall–Kier alpha value is -2.25. The van der Waals surface area contributed by atoms with Crippen LogP contribution < -0.4 is 5.32 Å². The summed E-state index contributed by atoms with van der Waals surface area (Å²) in [6.07, 6.45) is -0.491. The SMILES string of the molecule is O=C(Cc1ccc(F)cc1F)c1cc(NC(=O)C2C(c3ccc(Cl)c(Cl)c3)C2(Cl)Cl)ccc1F. The number of carbonyl (C=O) groups is 2. The average molecular weight is 547 g/mol. The standard InChI is InChI=1S/C24H14Cl4F3NO2/c25-16-5-2-12(7-17(16)26)21-22(24(21,27)28)23(34)32-14-4-6-18(30)15(10-14)20(33)8-11-1-3-13(29)9-19(11)31/h1-7,9-10,21-22H,8H2,(H,32,34). The van der Waals surface area contributed by atoms with Crippen LogP contribution in [0.5, 0.6) is 0 Å². The molecule has 0 spiro atoms. The summed E-state index contributed by atoms with van der Waals surface area (Å²) in [6, 6.07) is 11.0. The predicted molar refractivity (Wildman–Crippen MR) is 127 cm³/mol. The Bertz CT molecular complexity index is 1320. The Morgan fingerprint density at radius 2 is 1.62 bits per heavy atom. The number of hydrogen-bond donors (Lipinski definition) is 1. The number of ketones is 1. The van der Waals surface area contributed by atoms with Crippen LogP contribution in [0.4, 0.5) is 18.9 Å². The molecular formula is C24H14Cl4F3NO2. The van der Waals surface area contributed by atoms with Crippen molar-refractivity contribution in [3.8, 4) is 0 Å². The van der Waals surface area contributed by atoms with Gasteiger partial charge in [0.1, 0.15) is 21.8 Å². The van der Waals surface area contributed by atoms with Gasteiger partial charge in [-0.2, -0.15) is 0 Å². The molecule has 0 heterocycles. The van der Waals surface area contributed by atoms with Crippen LogP contribution in [-0.4, -0.2) is 16.0 Å². The number of alkyl halides is 2. The molecular weight excluding hydrogens is 533 g/mol. The van der Waals surface area contributed by atoms with Crippen molar-refractivity contribution in [2.75, 3.05) is 5.32 Å². The third-order valence-electron chi connectivity index (χ3n) is 5.54. The summed E-state index contributed by atoms with van der Waals surface area (Å²) in [5.41, 5.74) is 0.298. The molecule has 1 aliphatic rings. The lowest BCUT2D eigenvalue weighted by molar-refractivity contribution is -0.117. The van der Waals surface area contributed by atoms with Crippen molar-refractivity contribution in [2.24, 2.45) is 5.92 Å². The second-order valence-corrected chi connectivity index (χ2v) is 10.1. The molecule has 0 aliphatic heterocycles. The van der Waals surface area contributed by atoms with E-state index in [4.69, 9.17) is 46.4 Å². The minimum Gasteiger partial charge on any atom is -0.326 e. The maximum absolute atomic E-state index is 14.3. The summed E-state index contributed by atoms with van der Waals surface area (Å²) in [7, 11) is 0. The van der Waals surface area contributed by atoms with Gasteiger partial charge in [0, 0.05) is 24.1 Å². The van der Waals surface area contributed by atoms with E-state index < -0.39 is 51.7 Å². The van der Waals surface area contributed by atoms with Crippen LogP contribution in [0.15, 0.2) is 54.6 Å². The third-order valence-corrected chi connectivity index (χ3v) is 7.22. The van der Waals surface area contributed by atoms with Gasteiger partial charge in [-0.3, -0.25) is 9.59 Å². The van der Waals surface area contributed by atoms with Gasteiger partial charge in [-0.15, -0.1) is 23.2 Å². The predicted octanol–water partition coefficient (Wildman–Crippen LogP) is 7.36. The quantitative estimate of drug-likeness (QED) is 0.259. The van der Waals surface area contributed by atoms with E-state index in [9.17, 15) is 22.8 Å². The first-order valence-electron chi connectivity index (χ1n) is 9.89. The fourth-order valence-electron chi connectivity index (χ4n) is 3.74. The van der Waals surface area contributed by atoms with Gasteiger partial charge in [0.2, 0.25) is 5.91 Å². The van der Waals surface area contributed by atoms with E-state index in [-0.39, 0.29) is 21.8 Å². The molecule has 0 aromatic heterocycles. The molecule has 0 bridgehead atoms. The minimum absolute atomic E-state index is 0.0863. The number of carbonyl (C=O) groups excluding carboxylic acids is 2. The van der Waals surface area contributed by atoms with E-state index >= 15 is 0 Å². The number of anilines is 1. The van der Waals surface area contributed by atoms with Crippen LogP contribution in [0.25, 0.3) is 0 Å². The summed E-state index contributed by atoms with van der Waals surface area (Å²) in [5, 5.41) is 3.21. The highest BCUT2D eigenvalue weighted by molar-refractivity contribution is 6.53. The Labute approximate surface area is 212 Å². The Morgan fingerprint density at radius 1 is 0.882 bits per heavy atom. The first-order valence-corrected chi connectivity index (χ1v) is 11.4. The maximum atomic E-state index is 14.3. The number of Topliss-reactive ketones (excluding diaryl/α,β-unsaturated/α-hetero) is 1. The van der Waals surface area contributed by atoms with Gasteiger partial charge in [0.15, 0.2) is 5.78 Å². The topological polar surface area (TPSA) is 46.2 Å². The monoisotopic (exact) mass is 545 g/mol. The molecule has 3 nitrogen and oxygen atoms in total. The molecule has 1 N–H and O–H groups in total. The Kier molecular flexibility index (Phi) is 6.89. The zero-order valence-electron chi connectivity index (χ0n) is 17.0. The van der Waals surface area contributed by atoms with E-state index in [1.807, 2.05) is 0 Å². The van der Waals surface area contributed by atoms with Crippen molar-refractivity contribution in [1.29, 1.82) is 0 Å². The number of halogens is 7.